The molecule has 0 nitrogen and oxygen atoms in total. The molecule has 0 aromatic rings. The third-order valence-electron chi connectivity index (χ3n) is 7.71. The first kappa shape index (κ1) is 29.9. The Kier molecular flexibility index (Phi) is 20.0. The van der Waals surface area contributed by atoms with Gasteiger partial charge in [-0.25, -0.2) is 8.78 Å². The summed E-state index contributed by atoms with van der Waals surface area (Å²) < 4.78 is 29.1. The molecule has 0 aromatic carbocycles. The summed E-state index contributed by atoms with van der Waals surface area (Å²) in [4.78, 5) is 0. The molecule has 1 rings (SSSR count). The van der Waals surface area contributed by atoms with Gasteiger partial charge in [-0.2, -0.15) is 0 Å². The van der Waals surface area contributed by atoms with Crippen LogP contribution in [0.15, 0.2) is 0 Å². The van der Waals surface area contributed by atoms with Gasteiger partial charge in [0, 0.05) is 12.8 Å². The van der Waals surface area contributed by atoms with Crippen LogP contribution < -0.4 is 0 Å². The molecule has 0 radical (unpaired) electrons. The molecule has 0 saturated heterocycles. The van der Waals surface area contributed by atoms with Gasteiger partial charge in [-0.3, -0.25) is 0 Å². The van der Waals surface area contributed by atoms with E-state index < -0.39 is 5.92 Å². The smallest absolute Gasteiger partial charge is 0.207 e. The third-order valence-corrected chi connectivity index (χ3v) is 7.71. The number of hydrogen-bond donors (Lipinski definition) is 0. The zero-order chi connectivity index (χ0) is 23.2. The van der Waals surface area contributed by atoms with E-state index in [4.69, 9.17) is 0 Å². The standard InChI is InChI=1S/C30H58F2/c1-2-3-4-5-6-7-8-9-10-11-12-15-18-21-24-27-30(31,32)28-29-25-22-19-16-13-14-17-20-23-26-29/h29H,2-28H2,1H3. The first-order valence-corrected chi connectivity index (χ1v) is 15.0. The molecule has 0 bridgehead atoms. The zero-order valence-corrected chi connectivity index (χ0v) is 21.9. The van der Waals surface area contributed by atoms with Crippen LogP contribution in [0.3, 0.4) is 0 Å². The van der Waals surface area contributed by atoms with Crippen LogP contribution in [0.25, 0.3) is 0 Å². The minimum atomic E-state index is -2.43. The molecule has 1 aliphatic rings. The Hall–Kier alpha value is -0.140. The minimum Gasteiger partial charge on any atom is -0.207 e. The SMILES string of the molecule is CCCCCCCCCCCCCCCCCC(F)(F)CC1CCCCCCCCCC1. The van der Waals surface area contributed by atoms with Crippen molar-refractivity contribution in [3.05, 3.63) is 0 Å². The van der Waals surface area contributed by atoms with Crippen LogP contribution in [-0.2, 0) is 0 Å². The van der Waals surface area contributed by atoms with Crippen molar-refractivity contribution in [2.24, 2.45) is 5.92 Å². The van der Waals surface area contributed by atoms with Crippen molar-refractivity contribution < 1.29 is 8.78 Å². The number of rotatable bonds is 18. The average molecular weight is 457 g/mol. The van der Waals surface area contributed by atoms with Gasteiger partial charge in [0.2, 0.25) is 5.92 Å². The maximum atomic E-state index is 14.6. The average Bonchev–Trinajstić information content (AvgIpc) is 2.82. The number of unbranched alkanes of at least 4 members (excludes halogenated alkanes) is 14. The summed E-state index contributed by atoms with van der Waals surface area (Å²) >= 11 is 0. The molecule has 0 spiro atoms. The molecule has 1 fully saturated rings. The minimum absolute atomic E-state index is 0.127. The molecule has 0 amide bonds. The second-order valence-electron chi connectivity index (χ2n) is 11.0. The molecular weight excluding hydrogens is 398 g/mol. The first-order chi connectivity index (χ1) is 15.6. The van der Waals surface area contributed by atoms with E-state index >= 15 is 0 Å². The normalized spacial score (nSPS) is 17.3. The van der Waals surface area contributed by atoms with Gasteiger partial charge in [0.25, 0.3) is 0 Å². The van der Waals surface area contributed by atoms with Crippen LogP contribution in [0.4, 0.5) is 8.78 Å². The van der Waals surface area contributed by atoms with E-state index in [1.807, 2.05) is 0 Å². The lowest BCUT2D eigenvalue weighted by Gasteiger charge is -2.23. The molecule has 32 heavy (non-hydrogen) atoms. The predicted molar refractivity (Wildman–Crippen MR) is 139 cm³/mol. The summed E-state index contributed by atoms with van der Waals surface area (Å²) in [7, 11) is 0. The van der Waals surface area contributed by atoms with Gasteiger partial charge < -0.3 is 0 Å². The molecule has 0 aromatic heterocycles. The lowest BCUT2D eigenvalue weighted by molar-refractivity contribution is -0.0354. The molecule has 0 aliphatic heterocycles. The van der Waals surface area contributed by atoms with Crippen molar-refractivity contribution >= 4 is 0 Å². The lowest BCUT2D eigenvalue weighted by Crippen LogP contribution is -2.21. The van der Waals surface area contributed by atoms with Crippen molar-refractivity contribution in [2.75, 3.05) is 0 Å². The van der Waals surface area contributed by atoms with Crippen LogP contribution in [0.2, 0.25) is 0 Å². The molecule has 0 atom stereocenters. The fourth-order valence-corrected chi connectivity index (χ4v) is 5.55. The van der Waals surface area contributed by atoms with Gasteiger partial charge in [-0.15, -0.1) is 0 Å². The molecule has 0 unspecified atom stereocenters. The highest BCUT2D eigenvalue weighted by atomic mass is 19.3. The third kappa shape index (κ3) is 19.3. The second-order valence-corrected chi connectivity index (χ2v) is 11.0. The van der Waals surface area contributed by atoms with Gasteiger partial charge in [0.1, 0.15) is 0 Å². The van der Waals surface area contributed by atoms with E-state index in [1.54, 1.807) is 0 Å². The van der Waals surface area contributed by atoms with E-state index in [1.165, 1.54) is 128 Å². The Morgan fingerprint density at radius 3 is 1.25 bits per heavy atom. The van der Waals surface area contributed by atoms with Gasteiger partial charge in [0.15, 0.2) is 0 Å². The molecule has 0 heterocycles. The Morgan fingerprint density at radius 2 is 0.844 bits per heavy atom. The predicted octanol–water partition coefficient (Wildman–Crippen LogP) is 11.8. The zero-order valence-electron chi connectivity index (χ0n) is 21.9. The Bertz CT molecular complexity index is 367. The van der Waals surface area contributed by atoms with E-state index in [0.717, 1.165) is 32.1 Å². The molecule has 1 saturated carbocycles. The summed E-state index contributed by atoms with van der Waals surface area (Å²) in [6, 6.07) is 0. The Labute approximate surface area is 201 Å². The van der Waals surface area contributed by atoms with Crippen LogP contribution in [-0.4, -0.2) is 5.92 Å². The summed E-state index contributed by atoms with van der Waals surface area (Å²) in [5.74, 6) is -2.17. The van der Waals surface area contributed by atoms with Gasteiger partial charge >= 0.3 is 0 Å². The van der Waals surface area contributed by atoms with Crippen molar-refractivity contribution in [3.8, 4) is 0 Å². The summed E-state index contributed by atoms with van der Waals surface area (Å²) in [6.07, 6.45) is 31.8. The number of alkyl halides is 2. The summed E-state index contributed by atoms with van der Waals surface area (Å²) in [6.45, 7) is 2.28. The van der Waals surface area contributed by atoms with E-state index in [-0.39, 0.29) is 18.8 Å². The highest BCUT2D eigenvalue weighted by Crippen LogP contribution is 2.34. The molecule has 2 heteroatoms. The van der Waals surface area contributed by atoms with Gasteiger partial charge in [0.05, 0.1) is 0 Å². The highest BCUT2D eigenvalue weighted by Gasteiger charge is 2.31. The van der Waals surface area contributed by atoms with E-state index in [0.29, 0.717) is 0 Å². The van der Waals surface area contributed by atoms with Crippen LogP contribution >= 0.6 is 0 Å². The number of halogens is 2. The Balaban J connectivity index is 1.96. The second kappa shape index (κ2) is 21.4. The van der Waals surface area contributed by atoms with E-state index in [2.05, 4.69) is 6.92 Å². The molecular formula is C30H58F2. The van der Waals surface area contributed by atoms with Crippen molar-refractivity contribution in [1.29, 1.82) is 0 Å². The van der Waals surface area contributed by atoms with Crippen molar-refractivity contribution in [3.63, 3.8) is 0 Å². The van der Waals surface area contributed by atoms with Gasteiger partial charge in [-0.1, -0.05) is 161 Å². The Morgan fingerprint density at radius 1 is 0.500 bits per heavy atom. The quantitative estimate of drug-likeness (QED) is 0.180. The van der Waals surface area contributed by atoms with Crippen molar-refractivity contribution in [2.45, 2.75) is 186 Å². The molecule has 0 N–H and O–H groups in total. The maximum Gasteiger partial charge on any atom is 0.248 e. The van der Waals surface area contributed by atoms with Crippen molar-refractivity contribution in [1.82, 2.24) is 0 Å². The first-order valence-electron chi connectivity index (χ1n) is 15.0. The highest BCUT2D eigenvalue weighted by molar-refractivity contribution is 4.73. The molecule has 1 aliphatic carbocycles. The maximum absolute atomic E-state index is 14.6. The monoisotopic (exact) mass is 456 g/mol. The summed E-state index contributed by atoms with van der Waals surface area (Å²) in [5.41, 5.74) is 0. The van der Waals surface area contributed by atoms with Gasteiger partial charge in [-0.05, 0) is 12.3 Å². The fourth-order valence-electron chi connectivity index (χ4n) is 5.55. The van der Waals surface area contributed by atoms with Crippen LogP contribution in [0.5, 0.6) is 0 Å². The largest absolute Gasteiger partial charge is 0.248 e. The number of hydrogen-bond acceptors (Lipinski definition) is 0. The topological polar surface area (TPSA) is 0 Å². The van der Waals surface area contributed by atoms with Crippen LogP contribution in [0.1, 0.15) is 180 Å². The van der Waals surface area contributed by atoms with Crippen LogP contribution in [0, 0.1) is 5.92 Å². The lowest BCUT2D eigenvalue weighted by atomic mass is 9.88. The fraction of sp³-hybridized carbons (Fsp3) is 1.00. The van der Waals surface area contributed by atoms with E-state index in [9.17, 15) is 8.78 Å². The summed E-state index contributed by atoms with van der Waals surface area (Å²) in [5, 5.41) is 0. The molecule has 192 valence electrons.